The Morgan fingerprint density at radius 2 is 1.97 bits per heavy atom. The second kappa shape index (κ2) is 8.82. The van der Waals surface area contributed by atoms with Crippen LogP contribution in [0.5, 0.6) is 0 Å². The summed E-state index contributed by atoms with van der Waals surface area (Å²) >= 11 is 6.22. The summed E-state index contributed by atoms with van der Waals surface area (Å²) < 4.78 is 21.2. The van der Waals surface area contributed by atoms with Gasteiger partial charge in [-0.2, -0.15) is 9.78 Å². The van der Waals surface area contributed by atoms with E-state index in [0.29, 0.717) is 23.6 Å². The maximum atomic E-state index is 13.1. The molecule has 11 nitrogen and oxygen atoms in total. The summed E-state index contributed by atoms with van der Waals surface area (Å²) in [5.41, 5.74) is 1.73. The smallest absolute Gasteiger partial charge is 0.361 e. The fraction of sp³-hybridized carbons (Fsp3) is 0.200. The lowest BCUT2D eigenvalue weighted by atomic mass is 10.2. The molecule has 0 saturated carbocycles. The van der Waals surface area contributed by atoms with Gasteiger partial charge in [-0.3, -0.25) is 9.48 Å². The monoisotopic (exact) mass is 473 g/mol. The maximum absolute atomic E-state index is 13.1. The molecule has 0 aliphatic heterocycles. The minimum Gasteiger partial charge on any atom is -0.361 e. The summed E-state index contributed by atoms with van der Waals surface area (Å²) in [7, 11) is 0. The van der Waals surface area contributed by atoms with Gasteiger partial charge in [0.1, 0.15) is 16.6 Å². The van der Waals surface area contributed by atoms with Crippen molar-refractivity contribution in [2.75, 3.05) is 5.32 Å². The van der Waals surface area contributed by atoms with Gasteiger partial charge >= 0.3 is 5.82 Å². The van der Waals surface area contributed by atoms with Crippen LogP contribution in [0.4, 0.5) is 16.0 Å². The second-order valence-corrected chi connectivity index (χ2v) is 7.64. The molecule has 0 spiro atoms. The number of aromatic nitrogens is 5. The molecule has 170 valence electrons. The number of hydrogen-bond donors (Lipinski definition) is 1. The largest absolute Gasteiger partial charge is 0.390 e. The minimum atomic E-state index is -0.616. The molecular formula is C20H17ClFN7O4. The average Bonchev–Trinajstić information content (AvgIpc) is 3.42. The van der Waals surface area contributed by atoms with Crippen LogP contribution in [0.3, 0.4) is 0 Å². The number of nitro groups is 1. The highest BCUT2D eigenvalue weighted by molar-refractivity contribution is 6.33. The molecule has 0 radical (unpaired) electrons. The molecule has 0 aliphatic rings. The topological polar surface area (TPSA) is 134 Å². The molecule has 1 amide bonds. The summed E-state index contributed by atoms with van der Waals surface area (Å²) in [5.74, 6) is -0.781. The van der Waals surface area contributed by atoms with Crippen molar-refractivity contribution in [1.82, 2.24) is 24.7 Å². The van der Waals surface area contributed by atoms with Crippen molar-refractivity contribution >= 4 is 29.1 Å². The van der Waals surface area contributed by atoms with Crippen LogP contribution in [0, 0.1) is 29.8 Å². The van der Waals surface area contributed by atoms with E-state index in [1.54, 1.807) is 26.0 Å². The maximum Gasteiger partial charge on any atom is 0.390 e. The van der Waals surface area contributed by atoms with E-state index in [0.717, 1.165) is 5.56 Å². The minimum absolute atomic E-state index is 0.0193. The van der Waals surface area contributed by atoms with Gasteiger partial charge in [-0.1, -0.05) is 28.9 Å². The average molecular weight is 474 g/mol. The number of anilines is 1. The zero-order valence-electron chi connectivity index (χ0n) is 17.5. The van der Waals surface area contributed by atoms with Crippen LogP contribution < -0.4 is 5.32 Å². The van der Waals surface area contributed by atoms with Gasteiger partial charge in [0.25, 0.3) is 5.91 Å². The fourth-order valence-electron chi connectivity index (χ4n) is 3.15. The zero-order chi connectivity index (χ0) is 23.7. The number of amides is 1. The van der Waals surface area contributed by atoms with Gasteiger partial charge in [0, 0.05) is 6.20 Å². The molecule has 0 atom stereocenters. The molecule has 4 aromatic rings. The third kappa shape index (κ3) is 4.75. The second-order valence-electron chi connectivity index (χ2n) is 7.23. The summed E-state index contributed by atoms with van der Waals surface area (Å²) in [6.45, 7) is 3.65. The van der Waals surface area contributed by atoms with Gasteiger partial charge in [-0.25, -0.2) is 4.39 Å². The predicted octanol–water partition coefficient (Wildman–Crippen LogP) is 3.73. The zero-order valence-corrected chi connectivity index (χ0v) is 18.2. The van der Waals surface area contributed by atoms with Gasteiger partial charge in [-0.05, 0) is 36.5 Å². The van der Waals surface area contributed by atoms with Gasteiger partial charge < -0.3 is 20.0 Å². The summed E-state index contributed by atoms with van der Waals surface area (Å²) in [4.78, 5) is 23.3. The van der Waals surface area contributed by atoms with E-state index < -0.39 is 10.8 Å². The standard InChI is InChI=1S/C20H17ClFN7O4/c1-11-7-17(29(31)32)24-28(11)9-15-12(2)33-26-18(15)20(30)23-19-16(21)10-27(25-19)8-13-3-5-14(22)6-4-13/h3-7,10H,8-9H2,1-2H3,(H,23,25,30). The van der Waals surface area contributed by atoms with E-state index in [1.165, 1.54) is 33.8 Å². The Kier molecular flexibility index (Phi) is 5.92. The summed E-state index contributed by atoms with van der Waals surface area (Å²) in [6.07, 6.45) is 1.53. The van der Waals surface area contributed by atoms with Crippen molar-refractivity contribution in [3.63, 3.8) is 0 Å². The van der Waals surface area contributed by atoms with Crippen molar-refractivity contribution in [2.45, 2.75) is 26.9 Å². The van der Waals surface area contributed by atoms with Crippen molar-refractivity contribution in [3.05, 3.63) is 85.8 Å². The molecule has 13 heteroatoms. The Balaban J connectivity index is 1.52. The Bertz CT molecular complexity index is 1340. The number of benzene rings is 1. The summed E-state index contributed by atoms with van der Waals surface area (Å²) in [5, 5.41) is 25.8. The van der Waals surface area contributed by atoms with E-state index in [-0.39, 0.29) is 34.7 Å². The summed E-state index contributed by atoms with van der Waals surface area (Å²) in [6, 6.07) is 7.25. The number of hydrogen-bond acceptors (Lipinski definition) is 7. The Morgan fingerprint density at radius 1 is 1.24 bits per heavy atom. The highest BCUT2D eigenvalue weighted by Crippen LogP contribution is 2.23. The number of halogens is 2. The number of nitrogens with zero attached hydrogens (tertiary/aromatic N) is 6. The lowest BCUT2D eigenvalue weighted by Crippen LogP contribution is -2.17. The molecule has 0 fully saturated rings. The SMILES string of the molecule is Cc1onc(C(=O)Nc2nn(Cc3ccc(F)cc3)cc2Cl)c1Cn1nc([N+](=O)[O-])cc1C. The first-order valence-electron chi connectivity index (χ1n) is 9.64. The number of carbonyl (C=O) groups is 1. The van der Waals surface area contributed by atoms with E-state index in [4.69, 9.17) is 16.1 Å². The number of rotatable bonds is 7. The van der Waals surface area contributed by atoms with Crippen molar-refractivity contribution in [2.24, 2.45) is 0 Å². The van der Waals surface area contributed by atoms with Crippen molar-refractivity contribution < 1.29 is 18.6 Å². The van der Waals surface area contributed by atoms with E-state index in [1.807, 2.05) is 0 Å². The number of carbonyl (C=O) groups excluding carboxylic acids is 1. The van der Waals surface area contributed by atoms with Crippen LogP contribution in [0.25, 0.3) is 0 Å². The van der Waals surface area contributed by atoms with Gasteiger partial charge in [0.15, 0.2) is 11.5 Å². The first-order valence-corrected chi connectivity index (χ1v) is 10.0. The first-order chi connectivity index (χ1) is 15.7. The Labute approximate surface area is 190 Å². The third-order valence-electron chi connectivity index (χ3n) is 4.87. The van der Waals surface area contributed by atoms with Gasteiger partial charge in [0.2, 0.25) is 0 Å². The molecule has 0 saturated heterocycles. The van der Waals surface area contributed by atoms with Crippen LogP contribution in [0.2, 0.25) is 5.02 Å². The Hall–Kier alpha value is -4.06. The number of nitrogens with one attached hydrogen (secondary N) is 1. The highest BCUT2D eigenvalue weighted by Gasteiger charge is 2.25. The molecule has 1 aromatic carbocycles. The molecule has 0 aliphatic carbocycles. The molecule has 1 N–H and O–H groups in total. The molecule has 3 aromatic heterocycles. The first kappa shape index (κ1) is 22.1. The van der Waals surface area contributed by atoms with Gasteiger partial charge in [-0.15, -0.1) is 0 Å². The van der Waals surface area contributed by atoms with E-state index in [9.17, 15) is 19.3 Å². The molecule has 3 heterocycles. The molecular weight excluding hydrogens is 457 g/mol. The fourth-order valence-corrected chi connectivity index (χ4v) is 3.35. The van der Waals surface area contributed by atoms with Crippen LogP contribution in [-0.4, -0.2) is 35.5 Å². The molecule has 33 heavy (non-hydrogen) atoms. The van der Waals surface area contributed by atoms with Crippen LogP contribution >= 0.6 is 11.6 Å². The Morgan fingerprint density at radius 3 is 2.64 bits per heavy atom. The molecule has 0 bridgehead atoms. The normalized spacial score (nSPS) is 11.0. The van der Waals surface area contributed by atoms with Gasteiger partial charge in [0.05, 0.1) is 35.5 Å². The number of aryl methyl sites for hydroxylation is 2. The van der Waals surface area contributed by atoms with E-state index >= 15 is 0 Å². The lowest BCUT2D eigenvalue weighted by Gasteiger charge is -2.04. The quantitative estimate of drug-likeness (QED) is 0.319. The highest BCUT2D eigenvalue weighted by atomic mass is 35.5. The van der Waals surface area contributed by atoms with E-state index in [2.05, 4.69) is 20.7 Å². The predicted molar refractivity (Wildman–Crippen MR) is 115 cm³/mol. The van der Waals surface area contributed by atoms with Crippen LogP contribution in [-0.2, 0) is 13.1 Å². The van der Waals surface area contributed by atoms with Crippen LogP contribution in [0.1, 0.15) is 33.1 Å². The third-order valence-corrected chi connectivity index (χ3v) is 5.15. The van der Waals surface area contributed by atoms with Crippen LogP contribution in [0.15, 0.2) is 41.1 Å². The lowest BCUT2D eigenvalue weighted by molar-refractivity contribution is -0.389. The van der Waals surface area contributed by atoms with Crippen molar-refractivity contribution in [1.29, 1.82) is 0 Å². The molecule has 4 rings (SSSR count). The molecule has 0 unspecified atom stereocenters. The van der Waals surface area contributed by atoms with Crippen molar-refractivity contribution in [3.8, 4) is 0 Å².